The van der Waals surface area contributed by atoms with Crippen LogP contribution in [0, 0.1) is 5.41 Å². The van der Waals surface area contributed by atoms with Crippen LogP contribution >= 0.6 is 23.2 Å². The van der Waals surface area contributed by atoms with Gasteiger partial charge < -0.3 is 14.8 Å². The maximum atomic E-state index is 12.9. The van der Waals surface area contributed by atoms with Crippen molar-refractivity contribution in [1.29, 1.82) is 0 Å². The summed E-state index contributed by atoms with van der Waals surface area (Å²) in [6.45, 7) is 1.94. The van der Waals surface area contributed by atoms with Crippen LogP contribution in [0.4, 0.5) is 5.69 Å². The van der Waals surface area contributed by atoms with Crippen LogP contribution < -0.4 is 10.1 Å². The standard InChI is InChI=1S/C19H17Cl2NO3/c1-13-19(10-11-24-13,12-25-17-5-3-2-4-16(17)21)18(23)22-15-8-6-14(20)7-9-15/h2-11,13H,12H2,1H3,(H,22,23). The summed E-state index contributed by atoms with van der Waals surface area (Å²) in [5, 5.41) is 3.99. The molecular formula is C19H17Cl2NO3. The van der Waals surface area contributed by atoms with E-state index in [1.165, 1.54) is 6.26 Å². The lowest BCUT2D eigenvalue weighted by Crippen LogP contribution is -2.45. The van der Waals surface area contributed by atoms with E-state index in [4.69, 9.17) is 32.7 Å². The van der Waals surface area contributed by atoms with Crippen molar-refractivity contribution in [1.82, 2.24) is 0 Å². The molecule has 1 N–H and O–H groups in total. The Hall–Kier alpha value is -2.17. The Labute approximate surface area is 156 Å². The Morgan fingerprint density at radius 2 is 1.92 bits per heavy atom. The first kappa shape index (κ1) is 17.6. The number of para-hydroxylation sites is 1. The molecule has 1 heterocycles. The number of amides is 1. The van der Waals surface area contributed by atoms with Gasteiger partial charge in [0.1, 0.15) is 23.9 Å². The summed E-state index contributed by atoms with van der Waals surface area (Å²) in [5.74, 6) is 0.304. The van der Waals surface area contributed by atoms with Crippen LogP contribution in [0.25, 0.3) is 0 Å². The van der Waals surface area contributed by atoms with E-state index in [9.17, 15) is 4.79 Å². The van der Waals surface area contributed by atoms with Crippen molar-refractivity contribution < 1.29 is 14.3 Å². The van der Waals surface area contributed by atoms with E-state index in [-0.39, 0.29) is 18.6 Å². The quantitative estimate of drug-likeness (QED) is 0.803. The number of rotatable bonds is 5. The molecule has 0 bridgehead atoms. The van der Waals surface area contributed by atoms with Gasteiger partial charge >= 0.3 is 0 Å². The number of hydrogen-bond donors (Lipinski definition) is 1. The number of anilines is 1. The largest absolute Gasteiger partial charge is 0.497 e. The van der Waals surface area contributed by atoms with Crippen molar-refractivity contribution in [2.45, 2.75) is 13.0 Å². The van der Waals surface area contributed by atoms with Gasteiger partial charge in [0, 0.05) is 10.7 Å². The predicted molar refractivity (Wildman–Crippen MR) is 99.1 cm³/mol. The van der Waals surface area contributed by atoms with Gasteiger partial charge in [0.25, 0.3) is 0 Å². The molecule has 130 valence electrons. The number of carbonyl (C=O) groups excluding carboxylic acids is 1. The van der Waals surface area contributed by atoms with Gasteiger partial charge in [-0.25, -0.2) is 0 Å². The molecule has 0 radical (unpaired) electrons. The highest BCUT2D eigenvalue weighted by Gasteiger charge is 2.47. The van der Waals surface area contributed by atoms with Gasteiger partial charge in [0.15, 0.2) is 0 Å². The molecule has 1 aliphatic heterocycles. The van der Waals surface area contributed by atoms with Gasteiger partial charge in [-0.2, -0.15) is 0 Å². The lowest BCUT2D eigenvalue weighted by Gasteiger charge is -2.29. The summed E-state index contributed by atoms with van der Waals surface area (Å²) in [5.41, 5.74) is -0.308. The Kier molecular flexibility index (Phi) is 5.21. The van der Waals surface area contributed by atoms with Crippen molar-refractivity contribution in [3.63, 3.8) is 0 Å². The lowest BCUT2D eigenvalue weighted by molar-refractivity contribution is -0.128. The molecule has 0 saturated heterocycles. The van der Waals surface area contributed by atoms with E-state index in [1.54, 1.807) is 42.5 Å². The monoisotopic (exact) mass is 377 g/mol. The molecule has 0 spiro atoms. The van der Waals surface area contributed by atoms with Gasteiger partial charge in [-0.05, 0) is 49.4 Å². The average molecular weight is 378 g/mol. The summed E-state index contributed by atoms with van der Waals surface area (Å²) in [4.78, 5) is 12.9. The van der Waals surface area contributed by atoms with Gasteiger partial charge in [-0.1, -0.05) is 35.3 Å². The fraction of sp³-hybridized carbons (Fsp3) is 0.211. The second kappa shape index (κ2) is 7.38. The SMILES string of the molecule is CC1OC=CC1(COc1ccccc1Cl)C(=O)Nc1ccc(Cl)cc1. The van der Waals surface area contributed by atoms with Crippen LogP contribution in [0.2, 0.25) is 10.0 Å². The molecule has 2 unspecified atom stereocenters. The van der Waals surface area contributed by atoms with Gasteiger partial charge in [-0.3, -0.25) is 4.79 Å². The Morgan fingerprint density at radius 1 is 1.20 bits per heavy atom. The molecule has 2 aromatic carbocycles. The molecule has 1 amide bonds. The Balaban J connectivity index is 1.79. The summed E-state index contributed by atoms with van der Waals surface area (Å²) in [6.07, 6.45) is 2.88. The molecule has 0 saturated carbocycles. The summed E-state index contributed by atoms with van der Waals surface area (Å²) < 4.78 is 11.3. The number of nitrogens with one attached hydrogen (secondary N) is 1. The maximum absolute atomic E-state index is 12.9. The van der Waals surface area contributed by atoms with Crippen LogP contribution in [0.1, 0.15) is 6.92 Å². The molecule has 0 aromatic heterocycles. The molecule has 4 nitrogen and oxygen atoms in total. The second-order valence-corrected chi connectivity index (χ2v) is 6.65. The summed E-state index contributed by atoms with van der Waals surface area (Å²) in [7, 11) is 0. The van der Waals surface area contributed by atoms with E-state index in [2.05, 4.69) is 5.32 Å². The van der Waals surface area contributed by atoms with Crippen LogP contribution in [-0.4, -0.2) is 18.6 Å². The van der Waals surface area contributed by atoms with Gasteiger partial charge in [0.05, 0.1) is 11.3 Å². The fourth-order valence-electron chi connectivity index (χ4n) is 2.57. The highest BCUT2D eigenvalue weighted by Crippen LogP contribution is 2.35. The normalized spacial score (nSPS) is 21.6. The number of ether oxygens (including phenoxy) is 2. The molecule has 0 aliphatic carbocycles. The molecular weight excluding hydrogens is 361 g/mol. The van der Waals surface area contributed by atoms with Crippen molar-refractivity contribution in [2.24, 2.45) is 5.41 Å². The number of benzene rings is 2. The average Bonchev–Trinajstić information content (AvgIpc) is 2.98. The van der Waals surface area contributed by atoms with E-state index in [1.807, 2.05) is 19.1 Å². The minimum absolute atomic E-state index is 0.105. The third-order valence-electron chi connectivity index (χ3n) is 4.20. The first-order valence-corrected chi connectivity index (χ1v) is 8.54. The lowest BCUT2D eigenvalue weighted by atomic mass is 9.83. The minimum atomic E-state index is -0.960. The maximum Gasteiger partial charge on any atom is 0.241 e. The van der Waals surface area contributed by atoms with Crippen molar-refractivity contribution in [2.75, 3.05) is 11.9 Å². The smallest absolute Gasteiger partial charge is 0.241 e. The number of halogens is 2. The third kappa shape index (κ3) is 3.75. The van der Waals surface area contributed by atoms with Crippen LogP contribution in [-0.2, 0) is 9.53 Å². The number of carbonyl (C=O) groups is 1. The Morgan fingerprint density at radius 3 is 2.56 bits per heavy atom. The van der Waals surface area contributed by atoms with E-state index in [0.29, 0.717) is 21.5 Å². The zero-order chi connectivity index (χ0) is 17.9. The summed E-state index contributed by atoms with van der Waals surface area (Å²) in [6, 6.07) is 14.1. The first-order valence-electron chi connectivity index (χ1n) is 7.79. The molecule has 6 heteroatoms. The van der Waals surface area contributed by atoms with E-state index in [0.717, 1.165) is 0 Å². The van der Waals surface area contributed by atoms with Crippen molar-refractivity contribution in [3.8, 4) is 5.75 Å². The van der Waals surface area contributed by atoms with Crippen LogP contribution in [0.5, 0.6) is 5.75 Å². The molecule has 0 fully saturated rings. The highest BCUT2D eigenvalue weighted by molar-refractivity contribution is 6.32. The summed E-state index contributed by atoms with van der Waals surface area (Å²) >= 11 is 12.0. The van der Waals surface area contributed by atoms with Crippen LogP contribution in [0.3, 0.4) is 0 Å². The van der Waals surface area contributed by atoms with E-state index >= 15 is 0 Å². The van der Waals surface area contributed by atoms with E-state index < -0.39 is 5.41 Å². The Bertz CT molecular complexity index is 792. The molecule has 2 atom stereocenters. The molecule has 3 rings (SSSR count). The molecule has 1 aliphatic rings. The zero-order valence-electron chi connectivity index (χ0n) is 13.5. The molecule has 2 aromatic rings. The fourth-order valence-corrected chi connectivity index (χ4v) is 2.88. The van der Waals surface area contributed by atoms with Crippen molar-refractivity contribution >= 4 is 34.8 Å². The highest BCUT2D eigenvalue weighted by atomic mass is 35.5. The third-order valence-corrected chi connectivity index (χ3v) is 4.77. The first-order chi connectivity index (χ1) is 12.0. The predicted octanol–water partition coefficient (Wildman–Crippen LogP) is 4.93. The second-order valence-electron chi connectivity index (χ2n) is 5.80. The zero-order valence-corrected chi connectivity index (χ0v) is 15.1. The molecule has 25 heavy (non-hydrogen) atoms. The van der Waals surface area contributed by atoms with Crippen LogP contribution in [0.15, 0.2) is 60.9 Å². The van der Waals surface area contributed by atoms with Gasteiger partial charge in [-0.15, -0.1) is 0 Å². The minimum Gasteiger partial charge on any atom is -0.497 e. The number of hydrogen-bond acceptors (Lipinski definition) is 3. The van der Waals surface area contributed by atoms with Crippen molar-refractivity contribution in [3.05, 3.63) is 70.9 Å². The van der Waals surface area contributed by atoms with Gasteiger partial charge in [0.2, 0.25) is 5.91 Å². The topological polar surface area (TPSA) is 47.6 Å².